The minimum Gasteiger partial charge on any atom is -0.378 e. The Morgan fingerprint density at radius 1 is 1.24 bits per heavy atom. The van der Waals surface area contributed by atoms with Crippen molar-refractivity contribution >= 4 is 11.7 Å². The smallest absolute Gasteiger partial charge is 0.267 e. The van der Waals surface area contributed by atoms with Crippen LogP contribution in [0, 0.1) is 5.92 Å². The van der Waals surface area contributed by atoms with Gasteiger partial charge in [-0.1, -0.05) is 26.7 Å². The first-order valence-electron chi connectivity index (χ1n) is 9.16. The maximum absolute atomic E-state index is 12.2. The van der Waals surface area contributed by atoms with Crippen molar-refractivity contribution in [2.24, 2.45) is 5.92 Å². The molecule has 140 valence electrons. The van der Waals surface area contributed by atoms with E-state index in [1.807, 2.05) is 6.92 Å². The number of hydrogen-bond donors (Lipinski definition) is 1. The highest BCUT2D eigenvalue weighted by Gasteiger charge is 2.15. The van der Waals surface area contributed by atoms with Crippen LogP contribution < -0.4 is 15.8 Å². The second-order valence-electron chi connectivity index (χ2n) is 7.08. The molecule has 0 aromatic carbocycles. The van der Waals surface area contributed by atoms with Crippen LogP contribution in [0.2, 0.25) is 0 Å². The molecule has 2 heterocycles. The first-order valence-corrected chi connectivity index (χ1v) is 9.16. The molecule has 1 aliphatic rings. The normalized spacial score (nSPS) is 16.1. The van der Waals surface area contributed by atoms with Crippen LogP contribution in [0.25, 0.3) is 0 Å². The molecule has 1 amide bonds. The summed E-state index contributed by atoms with van der Waals surface area (Å²) >= 11 is 0. The summed E-state index contributed by atoms with van der Waals surface area (Å²) in [6.07, 6.45) is 3.19. The van der Waals surface area contributed by atoms with Gasteiger partial charge in [-0.3, -0.25) is 9.59 Å². The zero-order chi connectivity index (χ0) is 18.2. The number of anilines is 1. The van der Waals surface area contributed by atoms with Gasteiger partial charge in [0, 0.05) is 25.2 Å². The first kappa shape index (κ1) is 19.4. The molecule has 1 aliphatic heterocycles. The topological polar surface area (TPSA) is 76.5 Å². The van der Waals surface area contributed by atoms with Crippen molar-refractivity contribution in [3.05, 3.63) is 22.5 Å². The van der Waals surface area contributed by atoms with Gasteiger partial charge in [-0.05, 0) is 25.3 Å². The van der Waals surface area contributed by atoms with E-state index < -0.39 is 0 Å². The fourth-order valence-electron chi connectivity index (χ4n) is 2.87. The van der Waals surface area contributed by atoms with Crippen LogP contribution in [0.3, 0.4) is 0 Å². The van der Waals surface area contributed by atoms with E-state index in [1.54, 1.807) is 6.07 Å². The first-order chi connectivity index (χ1) is 12.0. The van der Waals surface area contributed by atoms with E-state index >= 15 is 0 Å². The highest BCUT2D eigenvalue weighted by atomic mass is 16.5. The predicted molar refractivity (Wildman–Crippen MR) is 97.8 cm³/mol. The molecule has 1 aromatic heterocycles. The van der Waals surface area contributed by atoms with Crippen molar-refractivity contribution in [3.8, 4) is 0 Å². The van der Waals surface area contributed by atoms with Gasteiger partial charge >= 0.3 is 0 Å². The van der Waals surface area contributed by atoms with Gasteiger partial charge in [-0.15, -0.1) is 0 Å². The van der Waals surface area contributed by atoms with Crippen molar-refractivity contribution in [3.63, 3.8) is 0 Å². The molecule has 0 radical (unpaired) electrons. The van der Waals surface area contributed by atoms with E-state index in [1.165, 1.54) is 10.7 Å². The van der Waals surface area contributed by atoms with Crippen LogP contribution in [0.4, 0.5) is 5.82 Å². The average Bonchev–Trinajstić information content (AvgIpc) is 2.57. The lowest BCUT2D eigenvalue weighted by atomic mass is 10.0. The van der Waals surface area contributed by atoms with Crippen LogP contribution in [-0.4, -0.2) is 48.0 Å². The van der Waals surface area contributed by atoms with Gasteiger partial charge in [0.1, 0.15) is 12.4 Å². The molecule has 0 spiro atoms. The minimum absolute atomic E-state index is 0.0501. The van der Waals surface area contributed by atoms with E-state index in [-0.39, 0.29) is 24.1 Å². The summed E-state index contributed by atoms with van der Waals surface area (Å²) in [7, 11) is 0. The lowest BCUT2D eigenvalue weighted by molar-refractivity contribution is -0.122. The maximum atomic E-state index is 12.2. The SMILES string of the molecule is CC(C)CCC[C@H](C)NC(=O)Cn1nc(N2CCOCC2)ccc1=O. The van der Waals surface area contributed by atoms with Crippen molar-refractivity contribution in [1.82, 2.24) is 15.1 Å². The van der Waals surface area contributed by atoms with Crippen LogP contribution in [0.1, 0.15) is 40.0 Å². The van der Waals surface area contributed by atoms with Gasteiger partial charge in [0.2, 0.25) is 5.91 Å². The zero-order valence-corrected chi connectivity index (χ0v) is 15.5. The quantitative estimate of drug-likeness (QED) is 0.767. The molecular formula is C18H30N4O3. The molecule has 0 saturated carbocycles. The van der Waals surface area contributed by atoms with Gasteiger partial charge in [-0.25, -0.2) is 4.68 Å². The Bertz CT molecular complexity index is 609. The summed E-state index contributed by atoms with van der Waals surface area (Å²) in [4.78, 5) is 26.3. The van der Waals surface area contributed by atoms with E-state index in [2.05, 4.69) is 29.2 Å². The lowest BCUT2D eigenvalue weighted by Gasteiger charge is -2.27. The fraction of sp³-hybridized carbons (Fsp3) is 0.722. The van der Waals surface area contributed by atoms with Gasteiger partial charge in [0.15, 0.2) is 0 Å². The molecule has 0 bridgehead atoms. The number of morpholine rings is 1. The molecule has 25 heavy (non-hydrogen) atoms. The monoisotopic (exact) mass is 350 g/mol. The van der Waals surface area contributed by atoms with Crippen LogP contribution in [-0.2, 0) is 16.1 Å². The maximum Gasteiger partial charge on any atom is 0.267 e. The van der Waals surface area contributed by atoms with Gasteiger partial charge in [0.05, 0.1) is 13.2 Å². The highest BCUT2D eigenvalue weighted by molar-refractivity contribution is 5.75. The molecule has 1 saturated heterocycles. The third-order valence-electron chi connectivity index (χ3n) is 4.31. The Hall–Kier alpha value is -1.89. The molecule has 1 fully saturated rings. The Morgan fingerprint density at radius 2 is 1.96 bits per heavy atom. The number of rotatable bonds is 8. The molecule has 1 atom stereocenters. The van der Waals surface area contributed by atoms with Crippen LogP contribution in [0.15, 0.2) is 16.9 Å². The average molecular weight is 350 g/mol. The second kappa shape index (κ2) is 9.56. The Labute approximate surface area is 149 Å². The summed E-state index contributed by atoms with van der Waals surface area (Å²) in [5, 5.41) is 7.30. The summed E-state index contributed by atoms with van der Waals surface area (Å²) in [5.41, 5.74) is -0.264. The molecule has 0 aliphatic carbocycles. The number of carbonyl (C=O) groups is 1. The van der Waals surface area contributed by atoms with E-state index in [0.29, 0.717) is 24.9 Å². The summed E-state index contributed by atoms with van der Waals surface area (Å²) in [5.74, 6) is 1.21. The number of ether oxygens (including phenoxy) is 1. The second-order valence-corrected chi connectivity index (χ2v) is 7.08. The Kier molecular flexibility index (Phi) is 7.43. The van der Waals surface area contributed by atoms with Gasteiger partial charge < -0.3 is 15.0 Å². The van der Waals surface area contributed by atoms with E-state index in [9.17, 15) is 9.59 Å². The number of nitrogens with one attached hydrogen (secondary N) is 1. The molecular weight excluding hydrogens is 320 g/mol. The molecule has 7 nitrogen and oxygen atoms in total. The third kappa shape index (κ3) is 6.49. The highest BCUT2D eigenvalue weighted by Crippen LogP contribution is 2.10. The van der Waals surface area contributed by atoms with Crippen LogP contribution in [0.5, 0.6) is 0 Å². The lowest BCUT2D eigenvalue weighted by Crippen LogP contribution is -2.40. The van der Waals surface area contributed by atoms with E-state index in [0.717, 1.165) is 32.4 Å². The number of nitrogens with zero attached hydrogens (tertiary/aromatic N) is 3. The molecule has 1 aromatic rings. The number of aromatic nitrogens is 2. The predicted octanol–water partition coefficient (Wildman–Crippen LogP) is 1.41. The third-order valence-corrected chi connectivity index (χ3v) is 4.31. The number of amides is 1. The van der Waals surface area contributed by atoms with Gasteiger partial charge in [0.25, 0.3) is 5.56 Å². The van der Waals surface area contributed by atoms with Crippen molar-refractivity contribution in [1.29, 1.82) is 0 Å². The van der Waals surface area contributed by atoms with Crippen molar-refractivity contribution in [2.75, 3.05) is 31.2 Å². The fourth-order valence-corrected chi connectivity index (χ4v) is 2.87. The summed E-state index contributed by atoms with van der Waals surface area (Å²) in [6.45, 7) is 9.12. The standard InChI is InChI=1S/C18H30N4O3/c1-14(2)5-4-6-15(3)19-17(23)13-22-18(24)8-7-16(20-22)21-9-11-25-12-10-21/h7-8,14-15H,4-6,9-13H2,1-3H3,(H,19,23)/t15-/m0/s1. The largest absolute Gasteiger partial charge is 0.378 e. The molecule has 7 heteroatoms. The number of carbonyl (C=O) groups excluding carboxylic acids is 1. The Balaban J connectivity index is 1.90. The van der Waals surface area contributed by atoms with Crippen molar-refractivity contribution in [2.45, 2.75) is 52.6 Å². The molecule has 2 rings (SSSR count). The minimum atomic E-state index is -0.264. The molecule has 1 N–H and O–H groups in total. The summed E-state index contributed by atoms with van der Waals surface area (Å²) < 4.78 is 6.57. The Morgan fingerprint density at radius 3 is 2.64 bits per heavy atom. The number of hydrogen-bond acceptors (Lipinski definition) is 5. The van der Waals surface area contributed by atoms with Gasteiger partial charge in [-0.2, -0.15) is 5.10 Å². The summed E-state index contributed by atoms with van der Waals surface area (Å²) in [6, 6.07) is 3.28. The zero-order valence-electron chi connectivity index (χ0n) is 15.5. The molecule has 0 unspecified atom stereocenters. The van der Waals surface area contributed by atoms with Crippen molar-refractivity contribution < 1.29 is 9.53 Å². The van der Waals surface area contributed by atoms with E-state index in [4.69, 9.17) is 4.74 Å². The van der Waals surface area contributed by atoms with Crippen LogP contribution >= 0.6 is 0 Å².